The lowest BCUT2D eigenvalue weighted by molar-refractivity contribution is 0.270. The summed E-state index contributed by atoms with van der Waals surface area (Å²) in [5, 5.41) is 3.02. The van der Waals surface area contributed by atoms with Gasteiger partial charge in [0.1, 0.15) is 11.6 Å². The minimum Gasteiger partial charge on any atom is -0.497 e. The van der Waals surface area contributed by atoms with Crippen molar-refractivity contribution in [1.29, 1.82) is 0 Å². The Balaban J connectivity index is 0.00000300. The molecule has 1 fully saturated rings. The molecule has 158 valence electrons. The van der Waals surface area contributed by atoms with Crippen LogP contribution in [0.5, 0.6) is 5.75 Å². The summed E-state index contributed by atoms with van der Waals surface area (Å²) in [7, 11) is 1.62. The lowest BCUT2D eigenvalue weighted by Crippen LogP contribution is -2.46. The Labute approximate surface area is 188 Å². The fraction of sp³-hybridized carbons (Fsp3) is 0.381. The van der Waals surface area contributed by atoms with E-state index >= 15 is 0 Å². The summed E-state index contributed by atoms with van der Waals surface area (Å²) < 4.78 is 19.7. The van der Waals surface area contributed by atoms with E-state index in [1.165, 1.54) is 0 Å². The summed E-state index contributed by atoms with van der Waals surface area (Å²) >= 11 is 0. The molecule has 0 saturated carbocycles. The van der Waals surface area contributed by atoms with E-state index in [1.54, 1.807) is 13.2 Å². The Morgan fingerprint density at radius 1 is 1.14 bits per heavy atom. The smallest absolute Gasteiger partial charge is 0.193 e. The monoisotopic (exact) mass is 513 g/mol. The molecule has 1 heterocycles. The summed E-state index contributed by atoms with van der Waals surface area (Å²) in [6.07, 6.45) is 0. The van der Waals surface area contributed by atoms with Crippen LogP contribution in [-0.2, 0) is 6.54 Å². The summed E-state index contributed by atoms with van der Waals surface area (Å²) in [5.74, 6) is 0.845. The highest BCUT2D eigenvalue weighted by atomic mass is 127. The van der Waals surface area contributed by atoms with E-state index in [0.717, 1.165) is 49.7 Å². The van der Waals surface area contributed by atoms with Crippen molar-refractivity contribution in [3.8, 4) is 5.75 Å². The van der Waals surface area contributed by atoms with Crippen LogP contribution in [0.1, 0.15) is 12.5 Å². The van der Waals surface area contributed by atoms with Crippen LogP contribution >= 0.6 is 24.0 Å². The standard InChI is InChI=1S/C21H28FN5O.HI/c1-3-26-10-12-27(13-11-26)20-9-4-16(14-19(20)22)15-24-21(23)25-17-5-7-18(28-2)8-6-17;/h4-9,14H,3,10-13,15H2,1-2H3,(H3,23,24,25);1H. The first-order valence-electron chi connectivity index (χ1n) is 9.55. The first kappa shape index (κ1) is 23.2. The normalized spacial score (nSPS) is 15.0. The molecule has 2 aromatic rings. The number of hydrogen-bond donors (Lipinski definition) is 2. The molecule has 1 aliphatic heterocycles. The number of guanidine groups is 1. The third-order valence-corrected chi connectivity index (χ3v) is 4.97. The molecular formula is C21H29FIN5O. The van der Waals surface area contributed by atoms with Gasteiger partial charge < -0.3 is 25.6 Å². The van der Waals surface area contributed by atoms with Crippen molar-refractivity contribution in [3.63, 3.8) is 0 Å². The molecule has 0 atom stereocenters. The number of piperazine rings is 1. The van der Waals surface area contributed by atoms with Crippen LogP contribution in [0.3, 0.4) is 0 Å². The van der Waals surface area contributed by atoms with Crippen molar-refractivity contribution in [3.05, 3.63) is 53.8 Å². The summed E-state index contributed by atoms with van der Waals surface area (Å²) in [5.41, 5.74) is 8.20. The van der Waals surface area contributed by atoms with Crippen LogP contribution in [0.4, 0.5) is 15.8 Å². The summed E-state index contributed by atoms with van der Waals surface area (Å²) in [4.78, 5) is 8.78. The predicted octanol–water partition coefficient (Wildman–Crippen LogP) is 3.52. The Morgan fingerprint density at radius 3 is 2.41 bits per heavy atom. The van der Waals surface area contributed by atoms with Crippen LogP contribution < -0.4 is 20.7 Å². The quantitative estimate of drug-likeness (QED) is 0.352. The van der Waals surface area contributed by atoms with Crippen LogP contribution in [-0.4, -0.2) is 50.7 Å². The van der Waals surface area contributed by atoms with Crippen molar-refractivity contribution in [1.82, 2.24) is 4.90 Å². The van der Waals surface area contributed by atoms with Gasteiger partial charge in [-0.1, -0.05) is 13.0 Å². The highest BCUT2D eigenvalue weighted by Crippen LogP contribution is 2.22. The zero-order valence-corrected chi connectivity index (χ0v) is 19.2. The second-order valence-electron chi connectivity index (χ2n) is 6.76. The largest absolute Gasteiger partial charge is 0.497 e. The van der Waals surface area contributed by atoms with Gasteiger partial charge in [-0.3, -0.25) is 0 Å². The maximum absolute atomic E-state index is 14.6. The number of nitrogens with zero attached hydrogens (tertiary/aromatic N) is 3. The highest BCUT2D eigenvalue weighted by molar-refractivity contribution is 14.0. The molecule has 3 N–H and O–H groups in total. The van der Waals surface area contributed by atoms with Crippen molar-refractivity contribution < 1.29 is 9.13 Å². The lowest BCUT2D eigenvalue weighted by Gasteiger charge is -2.35. The van der Waals surface area contributed by atoms with E-state index in [0.29, 0.717) is 12.2 Å². The number of aliphatic imine (C=N–C) groups is 1. The topological polar surface area (TPSA) is 66.1 Å². The molecular weight excluding hydrogens is 484 g/mol. The summed E-state index contributed by atoms with van der Waals surface area (Å²) in [6.45, 7) is 7.14. The van der Waals surface area contributed by atoms with E-state index in [9.17, 15) is 4.39 Å². The van der Waals surface area contributed by atoms with Crippen molar-refractivity contribution >= 4 is 41.3 Å². The number of ether oxygens (including phenoxy) is 1. The van der Waals surface area contributed by atoms with Crippen LogP contribution in [0, 0.1) is 5.82 Å². The first-order chi connectivity index (χ1) is 13.6. The Bertz CT molecular complexity index is 807. The second-order valence-corrected chi connectivity index (χ2v) is 6.76. The van der Waals surface area contributed by atoms with Gasteiger partial charge in [-0.25, -0.2) is 9.38 Å². The third-order valence-electron chi connectivity index (χ3n) is 4.97. The maximum Gasteiger partial charge on any atom is 0.193 e. The van der Waals surface area contributed by atoms with Crippen LogP contribution in [0.2, 0.25) is 0 Å². The third kappa shape index (κ3) is 6.46. The van der Waals surface area contributed by atoms with E-state index < -0.39 is 0 Å². The van der Waals surface area contributed by atoms with Gasteiger partial charge in [0.05, 0.1) is 19.3 Å². The Kier molecular flexibility index (Phi) is 8.97. The number of rotatable bonds is 6. The number of halogens is 2. The van der Waals surface area contributed by atoms with Gasteiger partial charge in [0, 0.05) is 31.9 Å². The number of likely N-dealkylation sites (N-methyl/N-ethyl adjacent to an activating group) is 1. The van der Waals surface area contributed by atoms with Gasteiger partial charge in [0.25, 0.3) is 0 Å². The molecule has 8 heteroatoms. The average molecular weight is 513 g/mol. The van der Waals surface area contributed by atoms with Gasteiger partial charge in [0.2, 0.25) is 0 Å². The van der Waals surface area contributed by atoms with Gasteiger partial charge in [-0.05, 0) is 48.5 Å². The Hall–Kier alpha value is -2.07. The minimum absolute atomic E-state index is 0. The van der Waals surface area contributed by atoms with E-state index in [-0.39, 0.29) is 35.8 Å². The molecule has 3 rings (SSSR count). The zero-order chi connectivity index (χ0) is 19.9. The lowest BCUT2D eigenvalue weighted by atomic mass is 10.1. The molecule has 0 unspecified atom stereocenters. The second kappa shape index (κ2) is 11.2. The molecule has 29 heavy (non-hydrogen) atoms. The minimum atomic E-state index is -0.209. The molecule has 0 spiro atoms. The number of nitrogens with two attached hydrogens (primary N) is 1. The van der Waals surface area contributed by atoms with E-state index in [1.807, 2.05) is 36.4 Å². The number of anilines is 2. The fourth-order valence-corrected chi connectivity index (χ4v) is 3.25. The Morgan fingerprint density at radius 2 is 1.83 bits per heavy atom. The molecule has 0 radical (unpaired) electrons. The summed E-state index contributed by atoms with van der Waals surface area (Å²) in [6, 6.07) is 12.7. The molecule has 0 aromatic heterocycles. The van der Waals surface area contributed by atoms with Crippen molar-refractivity contribution in [2.75, 3.05) is 50.1 Å². The zero-order valence-electron chi connectivity index (χ0n) is 16.9. The van der Waals surface area contributed by atoms with Crippen molar-refractivity contribution in [2.45, 2.75) is 13.5 Å². The molecule has 0 aliphatic carbocycles. The van der Waals surface area contributed by atoms with Gasteiger partial charge in [-0.2, -0.15) is 0 Å². The van der Waals surface area contributed by atoms with Crippen LogP contribution in [0.15, 0.2) is 47.5 Å². The van der Waals surface area contributed by atoms with Gasteiger partial charge >= 0.3 is 0 Å². The van der Waals surface area contributed by atoms with Gasteiger partial charge in [-0.15, -0.1) is 24.0 Å². The van der Waals surface area contributed by atoms with Crippen molar-refractivity contribution in [2.24, 2.45) is 10.7 Å². The first-order valence-corrected chi connectivity index (χ1v) is 9.55. The van der Waals surface area contributed by atoms with Crippen LogP contribution in [0.25, 0.3) is 0 Å². The molecule has 2 aromatic carbocycles. The van der Waals surface area contributed by atoms with Gasteiger partial charge in [0.15, 0.2) is 5.96 Å². The number of methoxy groups -OCH3 is 1. The predicted molar refractivity (Wildman–Crippen MR) is 128 cm³/mol. The molecule has 0 amide bonds. The number of hydrogen-bond acceptors (Lipinski definition) is 4. The highest BCUT2D eigenvalue weighted by Gasteiger charge is 2.18. The molecule has 6 nitrogen and oxygen atoms in total. The molecule has 1 aliphatic rings. The number of nitrogens with one attached hydrogen (secondary N) is 1. The van der Waals surface area contributed by atoms with E-state index in [4.69, 9.17) is 10.5 Å². The molecule has 0 bridgehead atoms. The SMILES string of the molecule is CCN1CCN(c2ccc(CN=C(N)Nc3ccc(OC)cc3)cc2F)CC1.I. The maximum atomic E-state index is 14.6. The fourth-order valence-electron chi connectivity index (χ4n) is 3.25. The number of benzene rings is 2. The average Bonchev–Trinajstić information content (AvgIpc) is 2.73. The molecule has 1 saturated heterocycles. The van der Waals surface area contributed by atoms with E-state index in [2.05, 4.69) is 27.0 Å².